The van der Waals surface area contributed by atoms with E-state index in [4.69, 9.17) is 14.2 Å². The van der Waals surface area contributed by atoms with E-state index in [2.05, 4.69) is 63.2 Å². The molecule has 1 aliphatic carbocycles. The van der Waals surface area contributed by atoms with Crippen molar-refractivity contribution in [1.82, 2.24) is 4.90 Å². The third-order valence-electron chi connectivity index (χ3n) is 7.74. The van der Waals surface area contributed by atoms with Crippen molar-refractivity contribution in [2.45, 2.75) is 58.4 Å². The van der Waals surface area contributed by atoms with Gasteiger partial charge in [-0.2, -0.15) is 0 Å². The number of ether oxygens (including phenoxy) is 3. The number of fused-ring (bicyclic) bond motifs is 6. The average molecular weight is 466 g/mol. The summed E-state index contributed by atoms with van der Waals surface area (Å²) in [6.45, 7) is 16.3. The Morgan fingerprint density at radius 3 is 2.62 bits per heavy atom. The lowest BCUT2D eigenvalue weighted by Gasteiger charge is -2.56. The van der Waals surface area contributed by atoms with Crippen LogP contribution in [0.4, 0.5) is 0 Å². The number of hydrogen-bond donors (Lipinski definition) is 1. The molecule has 1 saturated carbocycles. The molecule has 0 amide bonds. The SMILES string of the molecule is C=C(O)C1=CN2C(=CC1=C)c1cc(OC)c(OCCCOC)cc1[C@@H]1CC(CC)CC(C)(C)[C@H]12. The summed E-state index contributed by atoms with van der Waals surface area (Å²) in [5, 5.41) is 10.3. The van der Waals surface area contributed by atoms with E-state index < -0.39 is 0 Å². The van der Waals surface area contributed by atoms with Crippen molar-refractivity contribution < 1.29 is 19.3 Å². The van der Waals surface area contributed by atoms with Gasteiger partial charge in [0.15, 0.2) is 11.5 Å². The molecule has 2 aliphatic heterocycles. The van der Waals surface area contributed by atoms with E-state index >= 15 is 0 Å². The molecule has 0 aromatic heterocycles. The van der Waals surface area contributed by atoms with Gasteiger partial charge in [-0.15, -0.1) is 0 Å². The topological polar surface area (TPSA) is 51.2 Å². The predicted octanol–water partition coefficient (Wildman–Crippen LogP) is 6.59. The second-order valence-electron chi connectivity index (χ2n) is 10.5. The molecule has 2 heterocycles. The van der Waals surface area contributed by atoms with Crippen LogP contribution in [0.15, 0.2) is 54.5 Å². The van der Waals surface area contributed by atoms with Crippen LogP contribution in [0, 0.1) is 11.3 Å². The highest BCUT2D eigenvalue weighted by molar-refractivity contribution is 5.79. The highest BCUT2D eigenvalue weighted by atomic mass is 16.5. The fourth-order valence-electron chi connectivity index (χ4n) is 6.24. The van der Waals surface area contributed by atoms with E-state index in [1.807, 2.05) is 0 Å². The molecule has 1 aromatic rings. The second-order valence-corrected chi connectivity index (χ2v) is 10.5. The first kappa shape index (κ1) is 24.5. The number of rotatable bonds is 8. The summed E-state index contributed by atoms with van der Waals surface area (Å²) >= 11 is 0. The normalized spacial score (nSPS) is 24.9. The number of aliphatic hydroxyl groups is 1. The number of hydrogen-bond acceptors (Lipinski definition) is 5. The van der Waals surface area contributed by atoms with Crippen LogP contribution in [-0.2, 0) is 4.74 Å². The van der Waals surface area contributed by atoms with Crippen LogP contribution in [0.3, 0.4) is 0 Å². The quantitative estimate of drug-likeness (QED) is 0.347. The first-order chi connectivity index (χ1) is 16.2. The maximum absolute atomic E-state index is 10.3. The molecule has 0 bridgehead atoms. The number of benzene rings is 1. The van der Waals surface area contributed by atoms with Crippen LogP contribution in [0.1, 0.15) is 63.5 Å². The van der Waals surface area contributed by atoms with Gasteiger partial charge in [0, 0.05) is 55.1 Å². The lowest BCUT2D eigenvalue weighted by atomic mass is 9.59. The van der Waals surface area contributed by atoms with Crippen LogP contribution in [0.25, 0.3) is 5.70 Å². The van der Waals surface area contributed by atoms with Gasteiger partial charge < -0.3 is 24.2 Å². The summed E-state index contributed by atoms with van der Waals surface area (Å²) in [6, 6.07) is 4.57. The second kappa shape index (κ2) is 9.53. The Labute approximate surface area is 204 Å². The third-order valence-corrected chi connectivity index (χ3v) is 7.74. The molecule has 3 aliphatic rings. The Balaban J connectivity index is 1.86. The van der Waals surface area contributed by atoms with Crippen LogP contribution in [0.5, 0.6) is 11.5 Å². The molecule has 5 nitrogen and oxygen atoms in total. The highest BCUT2D eigenvalue weighted by Crippen LogP contribution is 2.57. The zero-order chi connectivity index (χ0) is 24.6. The maximum atomic E-state index is 10.3. The molecule has 34 heavy (non-hydrogen) atoms. The van der Waals surface area contributed by atoms with E-state index in [1.54, 1.807) is 14.2 Å². The van der Waals surface area contributed by atoms with E-state index in [0.717, 1.165) is 41.2 Å². The van der Waals surface area contributed by atoms with Gasteiger partial charge in [0.1, 0.15) is 5.76 Å². The maximum Gasteiger partial charge on any atom is 0.161 e. The first-order valence-electron chi connectivity index (χ1n) is 12.3. The van der Waals surface area contributed by atoms with Crippen LogP contribution in [0.2, 0.25) is 0 Å². The Morgan fingerprint density at radius 2 is 1.97 bits per heavy atom. The van der Waals surface area contributed by atoms with Crippen LogP contribution >= 0.6 is 0 Å². The smallest absolute Gasteiger partial charge is 0.161 e. The van der Waals surface area contributed by atoms with Gasteiger partial charge >= 0.3 is 0 Å². The summed E-state index contributed by atoms with van der Waals surface area (Å²) in [4.78, 5) is 2.36. The van der Waals surface area contributed by atoms with E-state index in [0.29, 0.717) is 30.6 Å². The molecule has 1 aromatic carbocycles. The van der Waals surface area contributed by atoms with Crippen LogP contribution in [-0.4, -0.2) is 43.5 Å². The fraction of sp³-hybridized carbons (Fsp3) is 0.517. The average Bonchev–Trinajstić information content (AvgIpc) is 2.80. The Kier molecular flexibility index (Phi) is 6.86. The lowest BCUT2D eigenvalue weighted by molar-refractivity contribution is 0.0538. The molecule has 1 fully saturated rings. The first-order valence-corrected chi connectivity index (χ1v) is 12.3. The lowest BCUT2D eigenvalue weighted by Crippen LogP contribution is -2.53. The summed E-state index contributed by atoms with van der Waals surface area (Å²) in [5.74, 6) is 2.57. The van der Waals surface area contributed by atoms with Crippen LogP contribution < -0.4 is 9.47 Å². The standard InChI is InChI=1S/C29H39NO4/c1-8-20-13-23-21-14-27(34-11-9-10-32-6)26(33-7)15-22(21)25-12-18(2)24(19(3)31)17-30(25)28(23)29(4,5)16-20/h12,14-15,17,20,23,28,31H,2-3,8-11,13,16H2,1,4-7H3/t20?,23-,28-/m0/s1. The minimum atomic E-state index is 0.0556. The van der Waals surface area contributed by atoms with E-state index in [9.17, 15) is 5.11 Å². The van der Waals surface area contributed by atoms with Gasteiger partial charge in [-0.05, 0) is 53.5 Å². The Bertz CT molecular complexity index is 1030. The van der Waals surface area contributed by atoms with Gasteiger partial charge in [0.25, 0.3) is 0 Å². The fourth-order valence-corrected chi connectivity index (χ4v) is 6.24. The van der Waals surface area contributed by atoms with Gasteiger partial charge in [0.2, 0.25) is 0 Å². The predicted molar refractivity (Wildman–Crippen MR) is 137 cm³/mol. The summed E-state index contributed by atoms with van der Waals surface area (Å²) < 4.78 is 17.1. The number of methoxy groups -OCH3 is 2. The van der Waals surface area contributed by atoms with Crippen molar-refractivity contribution in [3.63, 3.8) is 0 Å². The van der Waals surface area contributed by atoms with Crippen molar-refractivity contribution in [1.29, 1.82) is 0 Å². The van der Waals surface area contributed by atoms with Crippen molar-refractivity contribution in [2.75, 3.05) is 27.4 Å². The molecular formula is C29H39NO4. The Morgan fingerprint density at radius 1 is 1.21 bits per heavy atom. The summed E-state index contributed by atoms with van der Waals surface area (Å²) in [7, 11) is 3.39. The molecule has 5 heteroatoms. The largest absolute Gasteiger partial charge is 0.508 e. The molecule has 0 saturated heterocycles. The van der Waals surface area contributed by atoms with Crippen molar-refractivity contribution in [3.8, 4) is 11.5 Å². The summed E-state index contributed by atoms with van der Waals surface area (Å²) in [6.07, 6.45) is 8.42. The van der Waals surface area contributed by atoms with Gasteiger partial charge in [-0.3, -0.25) is 0 Å². The Hall–Kier alpha value is -2.66. The van der Waals surface area contributed by atoms with Crippen molar-refractivity contribution in [3.05, 3.63) is 65.6 Å². The van der Waals surface area contributed by atoms with Gasteiger partial charge in [-0.1, -0.05) is 40.3 Å². The van der Waals surface area contributed by atoms with E-state index in [1.165, 1.54) is 18.4 Å². The number of nitrogens with zero attached hydrogens (tertiary/aromatic N) is 1. The minimum absolute atomic E-state index is 0.0556. The molecule has 184 valence electrons. The third kappa shape index (κ3) is 4.26. The molecular weight excluding hydrogens is 426 g/mol. The zero-order valence-electron chi connectivity index (χ0n) is 21.3. The number of aliphatic hydroxyl groups excluding tert-OH is 1. The van der Waals surface area contributed by atoms with Crippen molar-refractivity contribution >= 4 is 5.70 Å². The molecule has 1 unspecified atom stereocenters. The monoisotopic (exact) mass is 465 g/mol. The molecule has 0 radical (unpaired) electrons. The summed E-state index contributed by atoms with van der Waals surface area (Å²) in [5.41, 5.74) is 5.10. The van der Waals surface area contributed by atoms with Gasteiger partial charge in [-0.25, -0.2) is 0 Å². The van der Waals surface area contributed by atoms with Gasteiger partial charge in [0.05, 0.1) is 13.7 Å². The van der Waals surface area contributed by atoms with Crippen molar-refractivity contribution in [2.24, 2.45) is 11.3 Å². The molecule has 3 atom stereocenters. The minimum Gasteiger partial charge on any atom is -0.508 e. The molecule has 4 rings (SSSR count). The van der Waals surface area contributed by atoms with E-state index in [-0.39, 0.29) is 17.2 Å². The zero-order valence-corrected chi connectivity index (χ0v) is 21.3. The molecule has 1 N–H and O–H groups in total. The molecule has 0 spiro atoms. The highest BCUT2D eigenvalue weighted by Gasteiger charge is 2.50. The number of allylic oxidation sites excluding steroid dienone is 2.